The van der Waals surface area contributed by atoms with Crippen LogP contribution in [0.2, 0.25) is 0 Å². The molecule has 18 heavy (non-hydrogen) atoms. The van der Waals surface area contributed by atoms with Crippen molar-refractivity contribution in [1.29, 1.82) is 0 Å². The zero-order chi connectivity index (χ0) is 13.4. The highest BCUT2D eigenvalue weighted by atomic mass is 32.2. The Labute approximate surface area is 115 Å². The van der Waals surface area contributed by atoms with Gasteiger partial charge in [-0.2, -0.15) is 11.8 Å². The smallest absolute Gasteiger partial charge is 0.407 e. The molecular weight excluding hydrogens is 248 g/mol. The van der Waals surface area contributed by atoms with Crippen LogP contribution in [0.25, 0.3) is 0 Å². The van der Waals surface area contributed by atoms with E-state index < -0.39 is 5.60 Å². The number of carbonyl (C=O) groups is 1. The summed E-state index contributed by atoms with van der Waals surface area (Å²) in [6, 6.07) is 0.674. The number of alkyl carbamates (subject to hydrolysis) is 1. The van der Waals surface area contributed by atoms with Crippen LogP contribution < -0.4 is 10.6 Å². The second kappa shape index (κ2) is 7.89. The van der Waals surface area contributed by atoms with Gasteiger partial charge in [0.05, 0.1) is 0 Å². The van der Waals surface area contributed by atoms with E-state index in [4.69, 9.17) is 4.74 Å². The molecule has 1 fully saturated rings. The SMILES string of the molecule is CC(C)(C)OC(=O)NCCCNC1CCSCC1. The van der Waals surface area contributed by atoms with E-state index in [2.05, 4.69) is 10.6 Å². The first-order valence-corrected chi connectivity index (χ1v) is 7.91. The van der Waals surface area contributed by atoms with Crippen LogP contribution in [0.15, 0.2) is 0 Å². The van der Waals surface area contributed by atoms with E-state index in [1.807, 2.05) is 32.5 Å². The molecule has 0 aromatic rings. The van der Waals surface area contributed by atoms with Crippen molar-refractivity contribution in [3.05, 3.63) is 0 Å². The van der Waals surface area contributed by atoms with E-state index in [9.17, 15) is 4.79 Å². The lowest BCUT2D eigenvalue weighted by Gasteiger charge is -2.22. The minimum Gasteiger partial charge on any atom is -0.444 e. The third-order valence-electron chi connectivity index (χ3n) is 2.68. The van der Waals surface area contributed by atoms with Gasteiger partial charge in [0, 0.05) is 12.6 Å². The van der Waals surface area contributed by atoms with Crippen molar-refractivity contribution in [2.75, 3.05) is 24.6 Å². The fourth-order valence-corrected chi connectivity index (χ4v) is 2.91. The summed E-state index contributed by atoms with van der Waals surface area (Å²) < 4.78 is 5.16. The fourth-order valence-electron chi connectivity index (χ4n) is 1.80. The molecule has 0 bridgehead atoms. The monoisotopic (exact) mass is 274 g/mol. The van der Waals surface area contributed by atoms with Gasteiger partial charge < -0.3 is 15.4 Å². The average molecular weight is 274 g/mol. The molecule has 1 heterocycles. The molecule has 2 N–H and O–H groups in total. The molecule has 0 atom stereocenters. The van der Waals surface area contributed by atoms with Gasteiger partial charge in [0.25, 0.3) is 0 Å². The second-order valence-corrected chi connectivity index (χ2v) is 6.85. The van der Waals surface area contributed by atoms with E-state index >= 15 is 0 Å². The summed E-state index contributed by atoms with van der Waals surface area (Å²) in [5, 5.41) is 6.31. The maximum absolute atomic E-state index is 11.4. The summed E-state index contributed by atoms with van der Waals surface area (Å²) in [6.45, 7) is 7.24. The molecule has 0 saturated carbocycles. The van der Waals surface area contributed by atoms with Crippen LogP contribution in [0.3, 0.4) is 0 Å². The van der Waals surface area contributed by atoms with Gasteiger partial charge in [-0.05, 0) is 58.1 Å². The van der Waals surface area contributed by atoms with Crippen LogP contribution in [0.4, 0.5) is 4.79 Å². The van der Waals surface area contributed by atoms with Gasteiger partial charge in [-0.1, -0.05) is 0 Å². The molecule has 0 aromatic carbocycles. The summed E-state index contributed by atoms with van der Waals surface area (Å²) >= 11 is 2.04. The highest BCUT2D eigenvalue weighted by Crippen LogP contribution is 2.16. The van der Waals surface area contributed by atoms with Crippen molar-refractivity contribution < 1.29 is 9.53 Å². The molecule has 0 aromatic heterocycles. The highest BCUT2D eigenvalue weighted by molar-refractivity contribution is 7.99. The summed E-state index contributed by atoms with van der Waals surface area (Å²) in [5.74, 6) is 2.54. The Morgan fingerprint density at radius 1 is 1.28 bits per heavy atom. The standard InChI is InChI=1S/C13H26N2O2S/c1-13(2,3)17-12(16)15-8-4-7-14-11-5-9-18-10-6-11/h11,14H,4-10H2,1-3H3,(H,15,16). The molecule has 0 radical (unpaired) electrons. The Kier molecular flexibility index (Phi) is 6.86. The van der Waals surface area contributed by atoms with Gasteiger partial charge in [0.15, 0.2) is 0 Å². The number of nitrogens with one attached hydrogen (secondary N) is 2. The molecule has 106 valence electrons. The second-order valence-electron chi connectivity index (χ2n) is 5.62. The van der Waals surface area contributed by atoms with Gasteiger partial charge in [0.2, 0.25) is 0 Å². The molecule has 0 spiro atoms. The molecule has 0 aliphatic carbocycles. The van der Waals surface area contributed by atoms with Gasteiger partial charge in [-0.15, -0.1) is 0 Å². The van der Waals surface area contributed by atoms with Gasteiger partial charge >= 0.3 is 6.09 Å². The number of carbonyl (C=O) groups excluding carboxylic acids is 1. The topological polar surface area (TPSA) is 50.4 Å². The van der Waals surface area contributed by atoms with E-state index in [1.54, 1.807) is 0 Å². The van der Waals surface area contributed by atoms with E-state index in [0.29, 0.717) is 12.6 Å². The molecule has 0 unspecified atom stereocenters. The molecular formula is C13H26N2O2S. The molecule has 1 aliphatic heterocycles. The largest absolute Gasteiger partial charge is 0.444 e. The number of hydrogen-bond donors (Lipinski definition) is 2. The lowest BCUT2D eigenvalue weighted by molar-refractivity contribution is 0.0527. The zero-order valence-electron chi connectivity index (χ0n) is 11.8. The molecule has 1 rings (SSSR count). The van der Waals surface area contributed by atoms with Gasteiger partial charge in [-0.3, -0.25) is 0 Å². The van der Waals surface area contributed by atoms with Crippen LogP contribution in [-0.2, 0) is 4.74 Å². The Bertz CT molecular complexity index is 248. The van der Waals surface area contributed by atoms with Crippen LogP contribution in [-0.4, -0.2) is 42.3 Å². The van der Waals surface area contributed by atoms with Crippen molar-refractivity contribution in [1.82, 2.24) is 10.6 Å². The molecule has 1 amide bonds. The molecule has 1 saturated heterocycles. The summed E-state index contributed by atoms with van der Waals surface area (Å²) in [7, 11) is 0. The summed E-state index contributed by atoms with van der Waals surface area (Å²) in [4.78, 5) is 11.4. The third-order valence-corrected chi connectivity index (χ3v) is 3.72. The first-order valence-electron chi connectivity index (χ1n) is 6.75. The Balaban J connectivity index is 1.96. The Morgan fingerprint density at radius 3 is 2.56 bits per heavy atom. The van der Waals surface area contributed by atoms with Gasteiger partial charge in [-0.25, -0.2) is 4.79 Å². The minimum atomic E-state index is -0.415. The Hall–Kier alpha value is -0.420. The number of amides is 1. The number of ether oxygens (including phenoxy) is 1. The molecule has 4 nitrogen and oxygen atoms in total. The lowest BCUT2D eigenvalue weighted by atomic mass is 10.1. The predicted molar refractivity (Wildman–Crippen MR) is 77.2 cm³/mol. The van der Waals surface area contributed by atoms with Gasteiger partial charge in [0.1, 0.15) is 5.60 Å². The maximum atomic E-state index is 11.4. The summed E-state index contributed by atoms with van der Waals surface area (Å²) in [6.07, 6.45) is 3.16. The van der Waals surface area contributed by atoms with E-state index in [0.717, 1.165) is 13.0 Å². The fraction of sp³-hybridized carbons (Fsp3) is 0.923. The zero-order valence-corrected chi connectivity index (χ0v) is 12.6. The summed E-state index contributed by atoms with van der Waals surface area (Å²) in [5.41, 5.74) is -0.415. The first-order chi connectivity index (χ1) is 8.47. The van der Waals surface area contributed by atoms with Crippen LogP contribution in [0.5, 0.6) is 0 Å². The average Bonchev–Trinajstić information content (AvgIpc) is 2.27. The van der Waals surface area contributed by atoms with E-state index in [1.165, 1.54) is 24.3 Å². The Morgan fingerprint density at radius 2 is 1.94 bits per heavy atom. The van der Waals surface area contributed by atoms with Crippen molar-refractivity contribution in [3.63, 3.8) is 0 Å². The predicted octanol–water partition coefficient (Wildman–Crippen LogP) is 2.39. The third kappa shape index (κ3) is 7.82. The van der Waals surface area contributed by atoms with Crippen LogP contribution in [0, 0.1) is 0 Å². The van der Waals surface area contributed by atoms with Crippen LogP contribution >= 0.6 is 11.8 Å². The number of hydrogen-bond acceptors (Lipinski definition) is 4. The number of rotatable bonds is 5. The highest BCUT2D eigenvalue weighted by Gasteiger charge is 2.15. The quantitative estimate of drug-likeness (QED) is 0.756. The van der Waals surface area contributed by atoms with Crippen molar-refractivity contribution in [2.24, 2.45) is 0 Å². The number of thioether (sulfide) groups is 1. The first kappa shape index (κ1) is 15.6. The molecule has 1 aliphatic rings. The minimum absolute atomic E-state index is 0.323. The van der Waals surface area contributed by atoms with Crippen molar-refractivity contribution >= 4 is 17.9 Å². The van der Waals surface area contributed by atoms with Crippen molar-refractivity contribution in [3.8, 4) is 0 Å². The lowest BCUT2D eigenvalue weighted by Crippen LogP contribution is -2.36. The van der Waals surface area contributed by atoms with Crippen LogP contribution in [0.1, 0.15) is 40.0 Å². The van der Waals surface area contributed by atoms with Crippen molar-refractivity contribution in [2.45, 2.75) is 51.7 Å². The molecule has 5 heteroatoms. The normalized spacial score (nSPS) is 17.5. The van der Waals surface area contributed by atoms with E-state index in [-0.39, 0.29) is 6.09 Å². The maximum Gasteiger partial charge on any atom is 0.407 e.